The van der Waals surface area contributed by atoms with E-state index in [0.29, 0.717) is 23.9 Å². The highest BCUT2D eigenvalue weighted by atomic mass is 35.5. The van der Waals surface area contributed by atoms with Crippen LogP contribution in [0.5, 0.6) is 0 Å². The minimum absolute atomic E-state index is 0. The van der Waals surface area contributed by atoms with Gasteiger partial charge in [0.25, 0.3) is 5.91 Å². The summed E-state index contributed by atoms with van der Waals surface area (Å²) in [6.45, 7) is 4.55. The molecular weight excluding hydrogens is 319 g/mol. The molecule has 1 heterocycles. The van der Waals surface area contributed by atoms with Gasteiger partial charge in [0, 0.05) is 18.2 Å². The van der Waals surface area contributed by atoms with E-state index in [-0.39, 0.29) is 30.2 Å². The third-order valence-corrected chi connectivity index (χ3v) is 3.34. The Balaban J connectivity index is 0.00000264. The van der Waals surface area contributed by atoms with Crippen LogP contribution in [0.1, 0.15) is 30.8 Å². The first-order valence-electron chi connectivity index (χ1n) is 7.32. The van der Waals surface area contributed by atoms with Gasteiger partial charge in [0.15, 0.2) is 0 Å². The number of carbonyl (C=O) groups excluding carboxylic acids is 1. The fourth-order valence-electron chi connectivity index (χ4n) is 2.25. The van der Waals surface area contributed by atoms with E-state index in [0.717, 1.165) is 12.0 Å². The van der Waals surface area contributed by atoms with Crippen molar-refractivity contribution in [2.24, 2.45) is 11.7 Å². The monoisotopic (exact) mass is 340 g/mol. The standard InChI is InChI=1S/C16H21FN4O.ClH/c1-10(2)7-13(9-18)19-16(22)15-8-14(20-21-15)11-3-5-12(17)6-4-11;/h3-6,8,10,13H,7,9,18H2,1-2H3,(H,19,22)(H,20,21);1H. The number of aromatic nitrogens is 2. The summed E-state index contributed by atoms with van der Waals surface area (Å²) in [5, 5.41) is 9.69. The Hall–Kier alpha value is -1.92. The highest BCUT2D eigenvalue weighted by Crippen LogP contribution is 2.18. The minimum Gasteiger partial charge on any atom is -0.347 e. The number of carbonyl (C=O) groups is 1. The average Bonchev–Trinajstić information content (AvgIpc) is 2.96. The van der Waals surface area contributed by atoms with Crippen LogP contribution < -0.4 is 11.1 Å². The Labute approximate surface area is 141 Å². The summed E-state index contributed by atoms with van der Waals surface area (Å²) in [4.78, 5) is 12.2. The number of hydrogen-bond acceptors (Lipinski definition) is 3. The van der Waals surface area contributed by atoms with E-state index < -0.39 is 0 Å². The maximum absolute atomic E-state index is 12.9. The van der Waals surface area contributed by atoms with Crippen molar-refractivity contribution < 1.29 is 9.18 Å². The second-order valence-electron chi connectivity index (χ2n) is 5.71. The molecule has 0 aliphatic carbocycles. The molecule has 1 unspecified atom stereocenters. The van der Waals surface area contributed by atoms with E-state index in [2.05, 4.69) is 29.4 Å². The second-order valence-corrected chi connectivity index (χ2v) is 5.71. The van der Waals surface area contributed by atoms with Gasteiger partial charge in [0.2, 0.25) is 0 Å². The topological polar surface area (TPSA) is 83.8 Å². The molecule has 23 heavy (non-hydrogen) atoms. The van der Waals surface area contributed by atoms with Crippen molar-refractivity contribution in [3.63, 3.8) is 0 Å². The molecule has 0 aliphatic heterocycles. The summed E-state index contributed by atoms with van der Waals surface area (Å²) in [6, 6.07) is 7.53. The zero-order chi connectivity index (χ0) is 16.1. The van der Waals surface area contributed by atoms with E-state index in [1.165, 1.54) is 12.1 Å². The van der Waals surface area contributed by atoms with Crippen LogP contribution in [0, 0.1) is 11.7 Å². The number of nitrogens with one attached hydrogen (secondary N) is 2. The summed E-state index contributed by atoms with van der Waals surface area (Å²) < 4.78 is 12.9. The SMILES string of the molecule is CC(C)CC(CN)NC(=O)c1cc(-c2ccc(F)cc2)n[nH]1.Cl. The van der Waals surface area contributed by atoms with Gasteiger partial charge < -0.3 is 11.1 Å². The predicted octanol–water partition coefficient (Wildman–Crippen LogP) is 2.74. The van der Waals surface area contributed by atoms with E-state index in [4.69, 9.17) is 5.73 Å². The van der Waals surface area contributed by atoms with Gasteiger partial charge in [0.05, 0.1) is 5.69 Å². The van der Waals surface area contributed by atoms with E-state index in [1.807, 2.05) is 0 Å². The lowest BCUT2D eigenvalue weighted by Gasteiger charge is -2.18. The molecular formula is C16H22ClFN4O. The molecule has 1 atom stereocenters. The Bertz CT molecular complexity index is 627. The van der Waals surface area contributed by atoms with Gasteiger partial charge in [-0.3, -0.25) is 9.89 Å². The van der Waals surface area contributed by atoms with Gasteiger partial charge in [-0.1, -0.05) is 13.8 Å². The molecule has 1 aromatic heterocycles. The first kappa shape index (κ1) is 19.1. The van der Waals surface area contributed by atoms with Crippen LogP contribution in [0.15, 0.2) is 30.3 Å². The Morgan fingerprint density at radius 3 is 2.57 bits per heavy atom. The van der Waals surface area contributed by atoms with Crippen molar-refractivity contribution in [3.8, 4) is 11.3 Å². The van der Waals surface area contributed by atoms with Crippen molar-refractivity contribution >= 4 is 18.3 Å². The number of amides is 1. The van der Waals surface area contributed by atoms with Crippen LogP contribution >= 0.6 is 12.4 Å². The van der Waals surface area contributed by atoms with E-state index in [9.17, 15) is 9.18 Å². The molecule has 2 rings (SSSR count). The number of hydrogen-bond donors (Lipinski definition) is 3. The van der Waals surface area contributed by atoms with Crippen LogP contribution in [0.3, 0.4) is 0 Å². The van der Waals surface area contributed by atoms with Crippen LogP contribution in [0.25, 0.3) is 11.3 Å². The normalized spacial score (nSPS) is 11.9. The third kappa shape index (κ3) is 5.33. The Morgan fingerprint density at radius 2 is 2.00 bits per heavy atom. The molecule has 0 saturated carbocycles. The smallest absolute Gasteiger partial charge is 0.269 e. The number of benzene rings is 1. The van der Waals surface area contributed by atoms with Crippen molar-refractivity contribution in [2.45, 2.75) is 26.3 Å². The van der Waals surface area contributed by atoms with Crippen molar-refractivity contribution in [2.75, 3.05) is 6.54 Å². The molecule has 0 saturated heterocycles. The molecule has 0 fully saturated rings. The molecule has 1 aromatic carbocycles. The van der Waals surface area contributed by atoms with Crippen LogP contribution in [0.4, 0.5) is 4.39 Å². The molecule has 4 N–H and O–H groups in total. The highest BCUT2D eigenvalue weighted by molar-refractivity contribution is 5.93. The lowest BCUT2D eigenvalue weighted by molar-refractivity contribution is 0.0928. The van der Waals surface area contributed by atoms with Crippen molar-refractivity contribution in [1.29, 1.82) is 0 Å². The molecule has 0 aliphatic rings. The number of H-pyrrole nitrogens is 1. The first-order valence-corrected chi connectivity index (χ1v) is 7.32. The van der Waals surface area contributed by atoms with Gasteiger partial charge in [-0.05, 0) is 42.7 Å². The second kappa shape index (κ2) is 8.64. The molecule has 5 nitrogen and oxygen atoms in total. The van der Waals surface area contributed by atoms with E-state index >= 15 is 0 Å². The predicted molar refractivity (Wildman–Crippen MR) is 91.0 cm³/mol. The van der Waals surface area contributed by atoms with Gasteiger partial charge >= 0.3 is 0 Å². The van der Waals surface area contributed by atoms with Crippen molar-refractivity contribution in [3.05, 3.63) is 41.8 Å². The molecule has 1 amide bonds. The van der Waals surface area contributed by atoms with Gasteiger partial charge in [-0.25, -0.2) is 4.39 Å². The molecule has 126 valence electrons. The molecule has 0 radical (unpaired) electrons. The first-order chi connectivity index (χ1) is 10.5. The quantitative estimate of drug-likeness (QED) is 0.756. The molecule has 2 aromatic rings. The van der Waals surface area contributed by atoms with Gasteiger partial charge in [0.1, 0.15) is 11.5 Å². The minimum atomic E-state index is -0.309. The summed E-state index contributed by atoms with van der Waals surface area (Å²) in [5.74, 6) is -0.0981. The number of nitrogens with zero attached hydrogens (tertiary/aromatic N) is 1. The largest absolute Gasteiger partial charge is 0.347 e. The highest BCUT2D eigenvalue weighted by Gasteiger charge is 2.16. The number of halogens is 2. The van der Waals surface area contributed by atoms with Gasteiger partial charge in [-0.2, -0.15) is 5.10 Å². The molecule has 0 bridgehead atoms. The van der Waals surface area contributed by atoms with E-state index in [1.54, 1.807) is 18.2 Å². The Kier molecular flexibility index (Phi) is 7.19. The lowest BCUT2D eigenvalue weighted by Crippen LogP contribution is -2.41. The van der Waals surface area contributed by atoms with Crippen LogP contribution in [-0.2, 0) is 0 Å². The molecule has 7 heteroatoms. The van der Waals surface area contributed by atoms with Gasteiger partial charge in [-0.15, -0.1) is 12.4 Å². The summed E-state index contributed by atoms with van der Waals surface area (Å²) in [5.41, 5.74) is 7.38. The number of rotatable bonds is 6. The summed E-state index contributed by atoms with van der Waals surface area (Å²) >= 11 is 0. The maximum atomic E-state index is 12.9. The Morgan fingerprint density at radius 1 is 1.35 bits per heavy atom. The summed E-state index contributed by atoms with van der Waals surface area (Å²) in [7, 11) is 0. The van der Waals surface area contributed by atoms with Crippen molar-refractivity contribution in [1.82, 2.24) is 15.5 Å². The van der Waals surface area contributed by atoms with Crippen LogP contribution in [0.2, 0.25) is 0 Å². The number of aromatic amines is 1. The average molecular weight is 341 g/mol. The summed E-state index contributed by atoms with van der Waals surface area (Å²) in [6.07, 6.45) is 0.821. The zero-order valence-electron chi connectivity index (χ0n) is 13.2. The lowest BCUT2D eigenvalue weighted by atomic mass is 10.0. The fraction of sp³-hybridized carbons (Fsp3) is 0.375. The fourth-order valence-corrected chi connectivity index (χ4v) is 2.25. The van der Waals surface area contributed by atoms with Crippen LogP contribution in [-0.4, -0.2) is 28.7 Å². The molecule has 0 spiro atoms. The number of nitrogens with two attached hydrogens (primary N) is 1. The maximum Gasteiger partial charge on any atom is 0.269 e. The zero-order valence-corrected chi connectivity index (χ0v) is 14.0. The third-order valence-electron chi connectivity index (χ3n) is 3.34.